The highest BCUT2D eigenvalue weighted by molar-refractivity contribution is 5.34. The Balaban J connectivity index is 1.52. The van der Waals surface area contributed by atoms with Crippen molar-refractivity contribution in [3.8, 4) is 5.75 Å². The van der Waals surface area contributed by atoms with E-state index in [-0.39, 0.29) is 0 Å². The molecule has 0 fully saturated rings. The number of rotatable bonds is 9. The second-order valence-electron chi connectivity index (χ2n) is 7.13. The predicted octanol–water partition coefficient (Wildman–Crippen LogP) is 5.68. The van der Waals surface area contributed by atoms with E-state index in [0.717, 1.165) is 25.1 Å². The minimum Gasteiger partial charge on any atom is -0.489 e. The van der Waals surface area contributed by atoms with Gasteiger partial charge in [0.15, 0.2) is 0 Å². The Morgan fingerprint density at radius 2 is 1.48 bits per heavy atom. The first-order valence-electron chi connectivity index (χ1n) is 9.75. The van der Waals surface area contributed by atoms with E-state index >= 15 is 0 Å². The summed E-state index contributed by atoms with van der Waals surface area (Å²) in [5.41, 5.74) is 5.10. The number of nitrogens with one attached hydrogen (secondary N) is 1. The van der Waals surface area contributed by atoms with Crippen molar-refractivity contribution >= 4 is 0 Å². The molecule has 0 radical (unpaired) electrons. The van der Waals surface area contributed by atoms with Crippen molar-refractivity contribution in [2.75, 3.05) is 0 Å². The Morgan fingerprint density at radius 3 is 2.26 bits per heavy atom. The van der Waals surface area contributed by atoms with Gasteiger partial charge in [0.1, 0.15) is 12.4 Å². The molecule has 1 N–H and O–H groups in total. The Kier molecular flexibility index (Phi) is 7.06. The summed E-state index contributed by atoms with van der Waals surface area (Å²) in [5, 5.41) is 3.64. The van der Waals surface area contributed by atoms with Crippen LogP contribution in [0.1, 0.15) is 35.6 Å². The summed E-state index contributed by atoms with van der Waals surface area (Å²) < 4.78 is 6.13. The third kappa shape index (κ3) is 5.97. The first kappa shape index (κ1) is 19.2. The maximum absolute atomic E-state index is 6.13. The molecule has 0 unspecified atom stereocenters. The average molecular weight is 360 g/mol. The molecule has 0 aliphatic rings. The summed E-state index contributed by atoms with van der Waals surface area (Å²) in [6, 6.07) is 27.8. The van der Waals surface area contributed by atoms with E-state index in [1.54, 1.807) is 0 Å². The number of ether oxygens (including phenoxy) is 1. The highest BCUT2D eigenvalue weighted by atomic mass is 16.5. The topological polar surface area (TPSA) is 21.3 Å². The van der Waals surface area contributed by atoms with Crippen LogP contribution < -0.4 is 10.1 Å². The molecule has 0 amide bonds. The van der Waals surface area contributed by atoms with Gasteiger partial charge in [-0.15, -0.1) is 0 Å². The smallest absolute Gasteiger partial charge is 0.124 e. The molecular weight excluding hydrogens is 330 g/mol. The van der Waals surface area contributed by atoms with Crippen LogP contribution in [0.15, 0.2) is 78.9 Å². The average Bonchev–Trinajstić information content (AvgIpc) is 2.71. The van der Waals surface area contributed by atoms with Crippen molar-refractivity contribution in [3.05, 3.63) is 101 Å². The SMILES string of the molecule is Cc1ccccc1COc1ccccc1CN[C@@H](C)CCc1ccccc1. The number of hydrogen-bond acceptors (Lipinski definition) is 2. The molecule has 0 aromatic heterocycles. The number of hydrogen-bond donors (Lipinski definition) is 1. The molecule has 0 aliphatic carbocycles. The maximum Gasteiger partial charge on any atom is 0.124 e. The van der Waals surface area contributed by atoms with E-state index in [9.17, 15) is 0 Å². The number of benzene rings is 3. The van der Waals surface area contributed by atoms with Gasteiger partial charge in [0, 0.05) is 18.2 Å². The second kappa shape index (κ2) is 9.94. The van der Waals surface area contributed by atoms with Crippen LogP contribution >= 0.6 is 0 Å². The van der Waals surface area contributed by atoms with Crippen LogP contribution in [-0.4, -0.2) is 6.04 Å². The third-order valence-corrected chi connectivity index (χ3v) is 4.97. The Labute approximate surface area is 163 Å². The highest BCUT2D eigenvalue weighted by Gasteiger charge is 2.07. The monoisotopic (exact) mass is 359 g/mol. The quantitative estimate of drug-likeness (QED) is 0.530. The van der Waals surface area contributed by atoms with E-state index in [1.165, 1.54) is 22.3 Å². The maximum atomic E-state index is 6.13. The van der Waals surface area contributed by atoms with E-state index in [2.05, 4.69) is 92.0 Å². The molecule has 3 aromatic carbocycles. The minimum atomic E-state index is 0.453. The number of para-hydroxylation sites is 1. The van der Waals surface area contributed by atoms with Crippen molar-refractivity contribution in [2.45, 2.75) is 45.9 Å². The summed E-state index contributed by atoms with van der Waals surface area (Å²) in [5.74, 6) is 0.962. The molecule has 0 aliphatic heterocycles. The van der Waals surface area contributed by atoms with Gasteiger partial charge in [-0.3, -0.25) is 0 Å². The molecule has 2 heteroatoms. The molecule has 27 heavy (non-hydrogen) atoms. The second-order valence-corrected chi connectivity index (χ2v) is 7.13. The first-order valence-corrected chi connectivity index (χ1v) is 9.75. The molecule has 3 rings (SSSR count). The molecule has 140 valence electrons. The first-order chi connectivity index (χ1) is 13.2. The zero-order valence-electron chi connectivity index (χ0n) is 16.3. The van der Waals surface area contributed by atoms with E-state index < -0.39 is 0 Å². The van der Waals surface area contributed by atoms with E-state index in [0.29, 0.717) is 12.6 Å². The molecule has 3 aromatic rings. The normalized spacial score (nSPS) is 11.9. The molecule has 2 nitrogen and oxygen atoms in total. The van der Waals surface area contributed by atoms with Crippen molar-refractivity contribution < 1.29 is 4.74 Å². The van der Waals surface area contributed by atoms with Gasteiger partial charge < -0.3 is 10.1 Å². The fraction of sp³-hybridized carbons (Fsp3) is 0.280. The lowest BCUT2D eigenvalue weighted by atomic mass is 10.1. The van der Waals surface area contributed by atoms with Crippen molar-refractivity contribution in [1.82, 2.24) is 5.32 Å². The zero-order valence-corrected chi connectivity index (χ0v) is 16.3. The zero-order chi connectivity index (χ0) is 18.9. The van der Waals surface area contributed by atoms with Gasteiger partial charge in [0.25, 0.3) is 0 Å². The van der Waals surface area contributed by atoms with Crippen LogP contribution in [0.4, 0.5) is 0 Å². The minimum absolute atomic E-state index is 0.453. The summed E-state index contributed by atoms with van der Waals surface area (Å²) in [6.45, 7) is 5.80. The lowest BCUT2D eigenvalue weighted by Crippen LogP contribution is -2.26. The summed E-state index contributed by atoms with van der Waals surface area (Å²) in [7, 11) is 0. The predicted molar refractivity (Wildman–Crippen MR) is 113 cm³/mol. The van der Waals surface area contributed by atoms with Crippen LogP contribution in [-0.2, 0) is 19.6 Å². The summed E-state index contributed by atoms with van der Waals surface area (Å²) in [4.78, 5) is 0. The van der Waals surface area contributed by atoms with Gasteiger partial charge in [0.05, 0.1) is 0 Å². The van der Waals surface area contributed by atoms with Crippen molar-refractivity contribution in [2.24, 2.45) is 0 Å². The fourth-order valence-electron chi connectivity index (χ4n) is 3.13. The highest BCUT2D eigenvalue weighted by Crippen LogP contribution is 2.20. The molecule has 0 saturated carbocycles. The molecular formula is C25H29NO. The fourth-order valence-corrected chi connectivity index (χ4v) is 3.13. The van der Waals surface area contributed by atoms with Gasteiger partial charge in [-0.05, 0) is 49.4 Å². The number of aryl methyl sites for hydroxylation is 2. The van der Waals surface area contributed by atoms with E-state index in [4.69, 9.17) is 4.74 Å². The van der Waals surface area contributed by atoms with Crippen LogP contribution in [0, 0.1) is 6.92 Å². The Morgan fingerprint density at radius 1 is 0.815 bits per heavy atom. The van der Waals surface area contributed by atoms with Crippen LogP contribution in [0.25, 0.3) is 0 Å². The Hall–Kier alpha value is -2.58. The summed E-state index contributed by atoms with van der Waals surface area (Å²) >= 11 is 0. The molecule has 0 spiro atoms. The van der Waals surface area contributed by atoms with Crippen molar-refractivity contribution in [3.63, 3.8) is 0 Å². The van der Waals surface area contributed by atoms with Gasteiger partial charge in [-0.25, -0.2) is 0 Å². The van der Waals surface area contributed by atoms with Gasteiger partial charge >= 0.3 is 0 Å². The lowest BCUT2D eigenvalue weighted by molar-refractivity contribution is 0.300. The van der Waals surface area contributed by atoms with Crippen LogP contribution in [0.2, 0.25) is 0 Å². The van der Waals surface area contributed by atoms with E-state index in [1.807, 2.05) is 6.07 Å². The van der Waals surface area contributed by atoms with Crippen LogP contribution in [0.3, 0.4) is 0 Å². The molecule has 0 saturated heterocycles. The van der Waals surface area contributed by atoms with Gasteiger partial charge in [-0.1, -0.05) is 72.8 Å². The Bertz CT molecular complexity index is 828. The molecule has 0 heterocycles. The largest absolute Gasteiger partial charge is 0.489 e. The lowest BCUT2D eigenvalue weighted by Gasteiger charge is -2.17. The van der Waals surface area contributed by atoms with Gasteiger partial charge in [-0.2, -0.15) is 0 Å². The van der Waals surface area contributed by atoms with Gasteiger partial charge in [0.2, 0.25) is 0 Å². The van der Waals surface area contributed by atoms with Crippen molar-refractivity contribution in [1.29, 1.82) is 0 Å². The summed E-state index contributed by atoms with van der Waals surface area (Å²) in [6.07, 6.45) is 2.22. The van der Waals surface area contributed by atoms with Crippen LogP contribution in [0.5, 0.6) is 5.75 Å². The molecule has 0 bridgehead atoms. The molecule has 1 atom stereocenters. The third-order valence-electron chi connectivity index (χ3n) is 4.97. The standard InChI is InChI=1S/C25H29NO/c1-20-10-6-7-14-24(20)19-27-25-15-9-8-13-23(25)18-26-21(2)16-17-22-11-4-3-5-12-22/h3-15,21,26H,16-19H2,1-2H3/t21-/m0/s1.